The smallest absolute Gasteiger partial charge is 0.251 e. The van der Waals surface area contributed by atoms with E-state index in [1.807, 2.05) is 6.92 Å². The molecule has 0 saturated carbocycles. The number of halogens is 1. The summed E-state index contributed by atoms with van der Waals surface area (Å²) in [7, 11) is 0. The molecule has 1 aromatic rings. The van der Waals surface area contributed by atoms with Gasteiger partial charge in [-0.25, -0.2) is 0 Å². The zero-order valence-electron chi connectivity index (χ0n) is 15.1. The van der Waals surface area contributed by atoms with E-state index in [-0.39, 0.29) is 24.2 Å². The lowest BCUT2D eigenvalue weighted by Gasteiger charge is -2.27. The van der Waals surface area contributed by atoms with E-state index in [0.717, 1.165) is 38.0 Å². The van der Waals surface area contributed by atoms with Crippen molar-refractivity contribution in [1.29, 1.82) is 0 Å². The van der Waals surface area contributed by atoms with Gasteiger partial charge in [-0.2, -0.15) is 0 Å². The SMILES string of the molecule is CCCNC(=O)c1ccc(NC(=O)CC(C)C2CCNCC2)cc1.Cl. The average molecular weight is 368 g/mol. The van der Waals surface area contributed by atoms with Crippen molar-refractivity contribution >= 4 is 29.9 Å². The molecule has 0 aromatic heterocycles. The van der Waals surface area contributed by atoms with Gasteiger partial charge >= 0.3 is 0 Å². The monoisotopic (exact) mass is 367 g/mol. The first-order valence-corrected chi connectivity index (χ1v) is 8.99. The molecular weight excluding hydrogens is 338 g/mol. The molecule has 5 nitrogen and oxygen atoms in total. The van der Waals surface area contributed by atoms with Gasteiger partial charge in [-0.3, -0.25) is 9.59 Å². The zero-order chi connectivity index (χ0) is 17.4. The molecule has 1 aliphatic rings. The summed E-state index contributed by atoms with van der Waals surface area (Å²) in [5, 5.41) is 9.13. The fourth-order valence-electron chi connectivity index (χ4n) is 3.13. The predicted octanol–water partition coefficient (Wildman–Crippen LogP) is 3.21. The Morgan fingerprint density at radius 3 is 2.44 bits per heavy atom. The molecule has 25 heavy (non-hydrogen) atoms. The van der Waals surface area contributed by atoms with Crippen LogP contribution in [0.1, 0.15) is 49.9 Å². The summed E-state index contributed by atoms with van der Waals surface area (Å²) in [6.07, 6.45) is 3.75. The van der Waals surface area contributed by atoms with Gasteiger partial charge in [-0.15, -0.1) is 12.4 Å². The van der Waals surface area contributed by atoms with Gasteiger partial charge in [0.15, 0.2) is 0 Å². The normalized spacial score (nSPS) is 15.8. The van der Waals surface area contributed by atoms with Gasteiger partial charge in [0, 0.05) is 24.2 Å². The predicted molar refractivity (Wildman–Crippen MR) is 104 cm³/mol. The number of anilines is 1. The Hall–Kier alpha value is -1.59. The van der Waals surface area contributed by atoms with Crippen LogP contribution in [0.5, 0.6) is 0 Å². The van der Waals surface area contributed by atoms with Crippen LogP contribution in [0, 0.1) is 11.8 Å². The van der Waals surface area contributed by atoms with Crippen LogP contribution < -0.4 is 16.0 Å². The number of carbonyl (C=O) groups is 2. The molecule has 0 radical (unpaired) electrons. The summed E-state index contributed by atoms with van der Waals surface area (Å²) < 4.78 is 0. The van der Waals surface area contributed by atoms with Crippen molar-refractivity contribution in [2.24, 2.45) is 11.8 Å². The lowest BCUT2D eigenvalue weighted by atomic mass is 9.84. The van der Waals surface area contributed by atoms with Crippen molar-refractivity contribution in [3.05, 3.63) is 29.8 Å². The van der Waals surface area contributed by atoms with Crippen LogP contribution in [-0.4, -0.2) is 31.4 Å². The maximum atomic E-state index is 12.2. The van der Waals surface area contributed by atoms with Crippen molar-refractivity contribution in [3.8, 4) is 0 Å². The standard InChI is InChI=1S/C19H29N3O2.ClH/c1-3-10-21-19(24)16-4-6-17(7-5-16)22-18(23)13-14(2)15-8-11-20-12-9-15;/h4-7,14-15,20H,3,8-13H2,1-2H3,(H,21,24)(H,22,23);1H. The number of piperidine rings is 1. The number of carbonyl (C=O) groups excluding carboxylic acids is 2. The van der Waals surface area contributed by atoms with E-state index >= 15 is 0 Å². The molecule has 1 heterocycles. The first kappa shape index (κ1) is 21.5. The molecule has 1 fully saturated rings. The summed E-state index contributed by atoms with van der Waals surface area (Å²) in [4.78, 5) is 24.1. The van der Waals surface area contributed by atoms with Gasteiger partial charge in [0.05, 0.1) is 0 Å². The first-order valence-electron chi connectivity index (χ1n) is 8.99. The highest BCUT2D eigenvalue weighted by Gasteiger charge is 2.22. The highest BCUT2D eigenvalue weighted by Crippen LogP contribution is 2.24. The van der Waals surface area contributed by atoms with Crippen LogP contribution in [0.15, 0.2) is 24.3 Å². The van der Waals surface area contributed by atoms with Crippen molar-refractivity contribution in [2.75, 3.05) is 25.0 Å². The molecule has 0 spiro atoms. The number of amides is 2. The van der Waals surface area contributed by atoms with Crippen LogP contribution >= 0.6 is 12.4 Å². The van der Waals surface area contributed by atoms with E-state index in [1.54, 1.807) is 24.3 Å². The minimum absolute atomic E-state index is 0. The summed E-state index contributed by atoms with van der Waals surface area (Å²) in [6, 6.07) is 7.07. The molecule has 6 heteroatoms. The Morgan fingerprint density at radius 2 is 1.84 bits per heavy atom. The molecule has 2 amide bonds. The molecule has 3 N–H and O–H groups in total. The fourth-order valence-corrected chi connectivity index (χ4v) is 3.13. The Labute approximate surface area is 156 Å². The minimum Gasteiger partial charge on any atom is -0.352 e. The van der Waals surface area contributed by atoms with E-state index in [1.165, 1.54) is 0 Å². The minimum atomic E-state index is -0.0748. The quantitative estimate of drug-likeness (QED) is 0.693. The Balaban J connectivity index is 0.00000312. The third-order valence-electron chi connectivity index (χ3n) is 4.66. The molecule has 1 aliphatic heterocycles. The van der Waals surface area contributed by atoms with Gasteiger partial charge in [0.25, 0.3) is 5.91 Å². The maximum Gasteiger partial charge on any atom is 0.251 e. The molecule has 1 unspecified atom stereocenters. The lowest BCUT2D eigenvalue weighted by Crippen LogP contribution is -2.32. The lowest BCUT2D eigenvalue weighted by molar-refractivity contribution is -0.117. The first-order chi connectivity index (χ1) is 11.6. The topological polar surface area (TPSA) is 70.2 Å². The third-order valence-corrected chi connectivity index (χ3v) is 4.66. The fraction of sp³-hybridized carbons (Fsp3) is 0.579. The average Bonchev–Trinajstić information content (AvgIpc) is 2.61. The highest BCUT2D eigenvalue weighted by molar-refractivity contribution is 5.95. The van der Waals surface area contributed by atoms with Crippen molar-refractivity contribution in [3.63, 3.8) is 0 Å². The highest BCUT2D eigenvalue weighted by atomic mass is 35.5. The Morgan fingerprint density at radius 1 is 1.20 bits per heavy atom. The number of benzene rings is 1. The van der Waals surface area contributed by atoms with Crippen molar-refractivity contribution in [1.82, 2.24) is 10.6 Å². The molecule has 140 valence electrons. The summed E-state index contributed by atoms with van der Waals surface area (Å²) in [5.41, 5.74) is 1.36. The van der Waals surface area contributed by atoms with E-state index in [4.69, 9.17) is 0 Å². The number of rotatable bonds is 7. The van der Waals surface area contributed by atoms with Crippen LogP contribution in [0.4, 0.5) is 5.69 Å². The van der Waals surface area contributed by atoms with Gasteiger partial charge in [-0.05, 0) is 68.5 Å². The van der Waals surface area contributed by atoms with Crippen LogP contribution in [0.3, 0.4) is 0 Å². The maximum absolute atomic E-state index is 12.2. The van der Waals surface area contributed by atoms with Crippen molar-refractivity contribution in [2.45, 2.75) is 39.5 Å². The molecule has 0 aliphatic carbocycles. The van der Waals surface area contributed by atoms with Crippen LogP contribution in [-0.2, 0) is 4.79 Å². The number of hydrogen-bond donors (Lipinski definition) is 3. The third kappa shape index (κ3) is 7.04. The van der Waals surface area contributed by atoms with E-state index in [2.05, 4.69) is 22.9 Å². The van der Waals surface area contributed by atoms with Gasteiger partial charge in [0.1, 0.15) is 0 Å². The van der Waals surface area contributed by atoms with E-state index < -0.39 is 0 Å². The molecule has 2 rings (SSSR count). The Bertz CT molecular complexity index is 542. The Kier molecular flexibility index (Phi) is 9.53. The van der Waals surface area contributed by atoms with E-state index in [0.29, 0.717) is 30.4 Å². The molecule has 1 saturated heterocycles. The van der Waals surface area contributed by atoms with Gasteiger partial charge < -0.3 is 16.0 Å². The second-order valence-electron chi connectivity index (χ2n) is 6.65. The number of nitrogens with one attached hydrogen (secondary N) is 3. The van der Waals surface area contributed by atoms with Crippen LogP contribution in [0.25, 0.3) is 0 Å². The number of hydrogen-bond acceptors (Lipinski definition) is 3. The molecular formula is C19H30ClN3O2. The molecule has 0 bridgehead atoms. The summed E-state index contributed by atoms with van der Waals surface area (Å²) in [6.45, 7) is 6.96. The second kappa shape index (κ2) is 11.1. The van der Waals surface area contributed by atoms with E-state index in [9.17, 15) is 9.59 Å². The molecule has 1 atom stereocenters. The van der Waals surface area contributed by atoms with Gasteiger partial charge in [0.2, 0.25) is 5.91 Å². The zero-order valence-corrected chi connectivity index (χ0v) is 16.0. The summed E-state index contributed by atoms with van der Waals surface area (Å²) in [5.74, 6) is 0.992. The van der Waals surface area contributed by atoms with Crippen molar-refractivity contribution < 1.29 is 9.59 Å². The summed E-state index contributed by atoms with van der Waals surface area (Å²) >= 11 is 0. The largest absolute Gasteiger partial charge is 0.352 e. The van der Waals surface area contributed by atoms with Gasteiger partial charge in [-0.1, -0.05) is 13.8 Å². The second-order valence-corrected chi connectivity index (χ2v) is 6.65. The molecule has 1 aromatic carbocycles. The van der Waals surface area contributed by atoms with Crippen LogP contribution in [0.2, 0.25) is 0 Å².